The number of benzene rings is 3. The Morgan fingerprint density at radius 3 is 1.54 bits per heavy atom. The molecule has 0 radical (unpaired) electrons. The van der Waals surface area contributed by atoms with E-state index in [4.69, 9.17) is 14.0 Å². The van der Waals surface area contributed by atoms with E-state index in [2.05, 4.69) is 113 Å². The highest BCUT2D eigenvalue weighted by Gasteiger charge is 2.50. The van der Waals surface area contributed by atoms with Gasteiger partial charge in [-0.15, -0.1) is 0 Å². The van der Waals surface area contributed by atoms with Crippen molar-refractivity contribution in [3.05, 3.63) is 119 Å². The van der Waals surface area contributed by atoms with E-state index in [1.54, 1.807) is 0 Å². The number of ether oxygens (including phenoxy) is 1. The zero-order valence-corrected chi connectivity index (χ0v) is 21.7. The summed E-state index contributed by atoms with van der Waals surface area (Å²) in [6.45, 7) is 11.1. The Balaban J connectivity index is 1.54. The van der Waals surface area contributed by atoms with Crippen LogP contribution in [0.3, 0.4) is 0 Å². The fourth-order valence-corrected chi connectivity index (χ4v) is 4.59. The van der Waals surface area contributed by atoms with E-state index in [9.17, 15) is 0 Å². The van der Waals surface area contributed by atoms with E-state index in [-0.39, 0.29) is 18.3 Å². The summed E-state index contributed by atoms with van der Waals surface area (Å²) in [7, 11) is -0.215. The van der Waals surface area contributed by atoms with Crippen molar-refractivity contribution >= 4 is 7.12 Å². The quantitative estimate of drug-likeness (QED) is 0.186. The lowest BCUT2D eigenvalue weighted by Gasteiger charge is -2.36. The van der Waals surface area contributed by atoms with Crippen molar-refractivity contribution < 1.29 is 14.0 Å². The highest BCUT2D eigenvalue weighted by atomic mass is 16.7. The fourth-order valence-electron chi connectivity index (χ4n) is 4.59. The zero-order valence-electron chi connectivity index (χ0n) is 21.7. The van der Waals surface area contributed by atoms with Gasteiger partial charge in [-0.25, -0.2) is 0 Å². The summed E-state index contributed by atoms with van der Waals surface area (Å²) in [5.41, 5.74) is 3.34. The van der Waals surface area contributed by atoms with Crippen molar-refractivity contribution in [2.24, 2.45) is 0 Å². The van der Waals surface area contributed by atoms with Crippen molar-refractivity contribution in [3.63, 3.8) is 0 Å². The molecule has 0 aromatic heterocycles. The van der Waals surface area contributed by atoms with E-state index < -0.39 is 5.60 Å². The monoisotopic (exact) mass is 468 g/mol. The average Bonchev–Trinajstić information content (AvgIpc) is 3.08. The number of allylic oxidation sites excluding steroid dienone is 1. The Morgan fingerprint density at radius 1 is 0.743 bits per heavy atom. The van der Waals surface area contributed by atoms with Gasteiger partial charge in [0.1, 0.15) is 5.60 Å². The smallest absolute Gasteiger partial charge is 0.403 e. The van der Waals surface area contributed by atoms with Crippen molar-refractivity contribution in [3.8, 4) is 0 Å². The minimum absolute atomic E-state index is 0.215. The Hall–Kier alpha value is -2.66. The van der Waals surface area contributed by atoms with Crippen LogP contribution in [0, 0.1) is 0 Å². The molecule has 3 aromatic carbocycles. The van der Waals surface area contributed by atoms with Gasteiger partial charge < -0.3 is 14.0 Å². The van der Waals surface area contributed by atoms with Crippen molar-refractivity contribution in [2.75, 3.05) is 6.61 Å². The van der Waals surface area contributed by atoms with Gasteiger partial charge in [0.05, 0.1) is 17.8 Å². The van der Waals surface area contributed by atoms with Gasteiger partial charge in [0, 0.05) is 6.32 Å². The van der Waals surface area contributed by atoms with Gasteiger partial charge >= 0.3 is 7.12 Å². The Labute approximate surface area is 211 Å². The molecule has 3 nitrogen and oxygen atoms in total. The predicted molar refractivity (Wildman–Crippen MR) is 144 cm³/mol. The molecule has 1 heterocycles. The summed E-state index contributed by atoms with van der Waals surface area (Å²) in [6.07, 6.45) is 3.79. The zero-order chi connectivity index (χ0) is 24.9. The van der Waals surface area contributed by atoms with Crippen molar-refractivity contribution in [1.82, 2.24) is 0 Å². The van der Waals surface area contributed by atoms with Crippen LogP contribution in [0.5, 0.6) is 0 Å². The van der Waals surface area contributed by atoms with E-state index in [1.807, 2.05) is 18.2 Å². The number of hydrogen-bond acceptors (Lipinski definition) is 3. The maximum absolute atomic E-state index is 6.89. The van der Waals surface area contributed by atoms with Crippen LogP contribution in [0.15, 0.2) is 103 Å². The van der Waals surface area contributed by atoms with Gasteiger partial charge in [-0.1, -0.05) is 103 Å². The van der Waals surface area contributed by atoms with E-state index >= 15 is 0 Å². The Bertz CT molecular complexity index is 995. The second-order valence-corrected chi connectivity index (χ2v) is 10.3. The SMILES string of the molecule is C/C(=C\CB1OC(C)(C)C(C)(C)O1)CCOC(c1ccccc1)(c1ccccc1)c1ccccc1. The Kier molecular flexibility index (Phi) is 7.66. The Morgan fingerprint density at radius 2 is 1.14 bits per heavy atom. The van der Waals surface area contributed by atoms with Gasteiger partial charge in [0.2, 0.25) is 0 Å². The van der Waals surface area contributed by atoms with Crippen LogP contribution in [-0.4, -0.2) is 24.9 Å². The molecule has 3 aromatic rings. The van der Waals surface area contributed by atoms with E-state index in [1.165, 1.54) is 5.57 Å². The molecule has 182 valence electrons. The lowest BCUT2D eigenvalue weighted by atomic mass is 9.80. The fraction of sp³-hybridized carbons (Fsp3) is 0.355. The summed E-state index contributed by atoms with van der Waals surface area (Å²) >= 11 is 0. The standard InChI is InChI=1S/C31H37BO3/c1-25(21-23-32-34-29(2,3)30(4,5)35-32)22-24-33-31(26-15-9-6-10-16-26,27-17-11-7-12-18-27)28-19-13-8-14-20-28/h6-21H,22-24H2,1-5H3/b25-21+. The van der Waals surface area contributed by atoms with Gasteiger partial charge in [0.15, 0.2) is 0 Å². The molecule has 1 aliphatic rings. The molecule has 0 bridgehead atoms. The van der Waals surface area contributed by atoms with Crippen LogP contribution in [-0.2, 0) is 19.6 Å². The molecule has 4 rings (SSSR count). The lowest BCUT2D eigenvalue weighted by molar-refractivity contribution is 0.00578. The molecule has 0 N–H and O–H groups in total. The molecule has 0 unspecified atom stereocenters. The second kappa shape index (κ2) is 10.5. The largest absolute Gasteiger partial charge is 0.461 e. The molecule has 0 atom stereocenters. The third kappa shape index (κ3) is 5.45. The van der Waals surface area contributed by atoms with Gasteiger partial charge in [-0.3, -0.25) is 0 Å². The molecular formula is C31H37BO3. The summed E-state index contributed by atoms with van der Waals surface area (Å²) in [4.78, 5) is 0. The molecule has 0 amide bonds. The summed E-state index contributed by atoms with van der Waals surface area (Å²) in [5, 5.41) is 0. The van der Waals surface area contributed by atoms with Crippen LogP contribution in [0.2, 0.25) is 6.32 Å². The van der Waals surface area contributed by atoms with Crippen molar-refractivity contribution in [2.45, 2.75) is 64.2 Å². The van der Waals surface area contributed by atoms with E-state index in [0.29, 0.717) is 6.61 Å². The lowest BCUT2D eigenvalue weighted by Crippen LogP contribution is -2.41. The third-order valence-electron chi connectivity index (χ3n) is 7.32. The third-order valence-corrected chi connectivity index (χ3v) is 7.32. The van der Waals surface area contributed by atoms with Crippen LogP contribution in [0.1, 0.15) is 57.7 Å². The number of hydrogen-bond donors (Lipinski definition) is 0. The normalized spacial score (nSPS) is 17.5. The van der Waals surface area contributed by atoms with Crippen molar-refractivity contribution in [1.29, 1.82) is 0 Å². The molecule has 1 fully saturated rings. The van der Waals surface area contributed by atoms with Crippen LogP contribution >= 0.6 is 0 Å². The molecule has 0 saturated carbocycles. The number of rotatable bonds is 9. The molecule has 35 heavy (non-hydrogen) atoms. The molecule has 0 spiro atoms. The van der Waals surface area contributed by atoms with Crippen LogP contribution in [0.4, 0.5) is 0 Å². The van der Waals surface area contributed by atoms with Gasteiger partial charge in [-0.2, -0.15) is 0 Å². The van der Waals surface area contributed by atoms with Gasteiger partial charge in [0.25, 0.3) is 0 Å². The summed E-state index contributed by atoms with van der Waals surface area (Å²) in [6, 6.07) is 31.5. The summed E-state index contributed by atoms with van der Waals surface area (Å²) < 4.78 is 19.2. The van der Waals surface area contributed by atoms with E-state index in [0.717, 1.165) is 29.4 Å². The highest BCUT2D eigenvalue weighted by molar-refractivity contribution is 6.46. The average molecular weight is 468 g/mol. The molecule has 0 aliphatic carbocycles. The maximum atomic E-state index is 6.89. The topological polar surface area (TPSA) is 27.7 Å². The molecular weight excluding hydrogens is 431 g/mol. The van der Waals surface area contributed by atoms with Crippen LogP contribution in [0.25, 0.3) is 0 Å². The molecule has 1 saturated heterocycles. The minimum Gasteiger partial charge on any atom is -0.403 e. The van der Waals surface area contributed by atoms with Crippen LogP contribution < -0.4 is 0 Å². The first-order valence-electron chi connectivity index (χ1n) is 12.6. The maximum Gasteiger partial charge on any atom is 0.461 e. The molecule has 1 aliphatic heterocycles. The summed E-state index contributed by atoms with van der Waals surface area (Å²) in [5.74, 6) is 0. The highest BCUT2D eigenvalue weighted by Crippen LogP contribution is 2.41. The first-order valence-corrected chi connectivity index (χ1v) is 12.6. The predicted octanol–water partition coefficient (Wildman–Crippen LogP) is 7.42. The first-order chi connectivity index (χ1) is 16.7. The molecule has 4 heteroatoms. The second-order valence-electron chi connectivity index (χ2n) is 10.3. The first kappa shape index (κ1) is 25.4. The van der Waals surface area contributed by atoms with Gasteiger partial charge in [-0.05, 0) is 57.7 Å². The minimum atomic E-state index is -0.685.